The highest BCUT2D eigenvalue weighted by atomic mass is 16.4. The smallest absolute Gasteiger partial charge is 0.319 e. The van der Waals surface area contributed by atoms with Crippen molar-refractivity contribution in [2.75, 3.05) is 5.32 Å². The number of oxazole rings is 1. The van der Waals surface area contributed by atoms with Gasteiger partial charge in [0.2, 0.25) is 5.91 Å². The summed E-state index contributed by atoms with van der Waals surface area (Å²) in [5, 5.41) is 11.7. The lowest BCUT2D eigenvalue weighted by Gasteiger charge is -2.10. The summed E-state index contributed by atoms with van der Waals surface area (Å²) in [6.45, 7) is 1.74. The van der Waals surface area contributed by atoms with Crippen molar-refractivity contribution >= 4 is 28.7 Å². The van der Waals surface area contributed by atoms with Gasteiger partial charge in [0, 0.05) is 18.7 Å². The summed E-state index contributed by atoms with van der Waals surface area (Å²) in [5.74, 6) is -1.00. The molecule has 0 unspecified atom stereocenters. The second-order valence-electron chi connectivity index (χ2n) is 4.76. The predicted octanol–water partition coefficient (Wildman–Crippen LogP) is 1.94. The fourth-order valence-electron chi connectivity index (χ4n) is 2.03. The van der Waals surface area contributed by atoms with Gasteiger partial charge in [0.1, 0.15) is 10.9 Å². The first-order valence-corrected chi connectivity index (χ1v) is 5.93. The van der Waals surface area contributed by atoms with E-state index in [1.807, 2.05) is 0 Å². The van der Waals surface area contributed by atoms with Gasteiger partial charge in [-0.15, -0.1) is 0 Å². The van der Waals surface area contributed by atoms with Crippen molar-refractivity contribution in [3.05, 3.63) is 24.1 Å². The lowest BCUT2D eigenvalue weighted by atomic mass is 10.1. The summed E-state index contributed by atoms with van der Waals surface area (Å²) in [4.78, 5) is 27.1. The van der Waals surface area contributed by atoms with E-state index in [9.17, 15) is 9.59 Å². The molecule has 0 radical (unpaired) electrons. The Kier molecular flexibility index (Phi) is 2.35. The van der Waals surface area contributed by atoms with Gasteiger partial charge in [0.25, 0.3) is 0 Å². The number of nitrogens with one attached hydrogen (secondary N) is 1. The Morgan fingerprint density at radius 1 is 1.42 bits per heavy atom. The Labute approximate surface area is 108 Å². The second kappa shape index (κ2) is 3.81. The average molecular weight is 260 g/mol. The fourth-order valence-corrected chi connectivity index (χ4v) is 2.03. The minimum Gasteiger partial charge on any atom is -0.480 e. The van der Waals surface area contributed by atoms with E-state index in [4.69, 9.17) is 9.52 Å². The number of nitrogens with zero attached hydrogens (tertiary/aromatic N) is 1. The highest BCUT2D eigenvalue weighted by Crippen LogP contribution is 2.46. The second-order valence-corrected chi connectivity index (χ2v) is 4.76. The number of fused-ring (bicyclic) bond motifs is 1. The fraction of sp³-hybridized carbons (Fsp3) is 0.308. The van der Waals surface area contributed by atoms with Gasteiger partial charge >= 0.3 is 5.97 Å². The molecule has 1 fully saturated rings. The molecule has 1 aromatic carbocycles. The van der Waals surface area contributed by atoms with Crippen LogP contribution in [0.1, 0.15) is 18.7 Å². The van der Waals surface area contributed by atoms with Gasteiger partial charge in [-0.25, -0.2) is 4.98 Å². The van der Waals surface area contributed by atoms with E-state index in [-0.39, 0.29) is 0 Å². The number of aromatic nitrogens is 1. The molecule has 0 aliphatic heterocycles. The number of carbonyl (C=O) groups is 2. The van der Waals surface area contributed by atoms with E-state index in [0.717, 1.165) is 0 Å². The van der Waals surface area contributed by atoms with Crippen LogP contribution in [0.4, 0.5) is 5.69 Å². The first kappa shape index (κ1) is 11.7. The van der Waals surface area contributed by atoms with E-state index in [1.165, 1.54) is 0 Å². The topological polar surface area (TPSA) is 92.4 Å². The highest BCUT2D eigenvalue weighted by Gasteiger charge is 2.57. The summed E-state index contributed by atoms with van der Waals surface area (Å²) in [7, 11) is 0. The summed E-state index contributed by atoms with van der Waals surface area (Å²) >= 11 is 0. The summed E-state index contributed by atoms with van der Waals surface area (Å²) in [6, 6.07) is 5.05. The molecular weight excluding hydrogens is 248 g/mol. The molecule has 0 bridgehead atoms. The minimum absolute atomic E-state index is 0.387. The SMILES string of the molecule is Cc1nc2ccc(NC(=O)C3(C(=O)O)CC3)cc2o1. The molecule has 1 amide bonds. The maximum atomic E-state index is 11.9. The van der Waals surface area contributed by atoms with Gasteiger partial charge in [0.05, 0.1) is 0 Å². The molecule has 2 aromatic rings. The number of hydrogen-bond donors (Lipinski definition) is 2. The summed E-state index contributed by atoms with van der Waals surface area (Å²) in [5.41, 5.74) is 0.540. The van der Waals surface area contributed by atoms with Crippen LogP contribution >= 0.6 is 0 Å². The van der Waals surface area contributed by atoms with Gasteiger partial charge < -0.3 is 14.8 Å². The van der Waals surface area contributed by atoms with E-state index in [1.54, 1.807) is 25.1 Å². The number of carbonyl (C=O) groups excluding carboxylic acids is 1. The van der Waals surface area contributed by atoms with Crippen LogP contribution in [0.3, 0.4) is 0 Å². The van der Waals surface area contributed by atoms with Crippen LogP contribution in [-0.2, 0) is 9.59 Å². The third-order valence-corrected chi connectivity index (χ3v) is 3.35. The summed E-state index contributed by atoms with van der Waals surface area (Å²) in [6.07, 6.45) is 0.773. The van der Waals surface area contributed by atoms with E-state index in [2.05, 4.69) is 10.3 Å². The number of amides is 1. The molecule has 0 saturated heterocycles. The Bertz CT molecular complexity index is 685. The number of anilines is 1. The molecule has 0 atom stereocenters. The first-order chi connectivity index (χ1) is 9.01. The molecule has 98 valence electrons. The molecule has 0 spiro atoms. The standard InChI is InChI=1S/C13H12N2O4/c1-7-14-9-3-2-8(6-10(9)19-7)15-11(16)13(4-5-13)12(17)18/h2-3,6H,4-5H2,1H3,(H,15,16)(H,17,18). The number of aryl methyl sites for hydroxylation is 1. The molecule has 6 heteroatoms. The van der Waals surface area contributed by atoms with Crippen molar-refractivity contribution in [3.63, 3.8) is 0 Å². The van der Waals surface area contributed by atoms with E-state index < -0.39 is 17.3 Å². The van der Waals surface area contributed by atoms with Gasteiger partial charge in [-0.2, -0.15) is 0 Å². The van der Waals surface area contributed by atoms with Crippen LogP contribution in [0.25, 0.3) is 11.1 Å². The molecule has 1 aliphatic carbocycles. The lowest BCUT2D eigenvalue weighted by Crippen LogP contribution is -2.31. The molecule has 1 saturated carbocycles. The monoisotopic (exact) mass is 260 g/mol. The van der Waals surface area contributed by atoms with Crippen LogP contribution in [0, 0.1) is 12.3 Å². The molecule has 6 nitrogen and oxygen atoms in total. The first-order valence-electron chi connectivity index (χ1n) is 5.93. The van der Waals surface area contributed by atoms with Crippen LogP contribution in [0.5, 0.6) is 0 Å². The normalized spacial score (nSPS) is 16.3. The van der Waals surface area contributed by atoms with E-state index >= 15 is 0 Å². The largest absolute Gasteiger partial charge is 0.480 e. The van der Waals surface area contributed by atoms with Gasteiger partial charge in [-0.05, 0) is 25.0 Å². The molecule has 1 aromatic heterocycles. The van der Waals surface area contributed by atoms with Crippen LogP contribution in [0.15, 0.2) is 22.6 Å². The Morgan fingerprint density at radius 3 is 2.79 bits per heavy atom. The van der Waals surface area contributed by atoms with E-state index in [0.29, 0.717) is 35.5 Å². The quantitative estimate of drug-likeness (QED) is 0.823. The zero-order chi connectivity index (χ0) is 13.6. The molecule has 3 rings (SSSR count). The van der Waals surface area contributed by atoms with Gasteiger partial charge in [-0.3, -0.25) is 9.59 Å². The van der Waals surface area contributed by atoms with Crippen LogP contribution in [0.2, 0.25) is 0 Å². The lowest BCUT2D eigenvalue weighted by molar-refractivity contribution is -0.147. The number of aliphatic carboxylic acids is 1. The Balaban J connectivity index is 1.85. The maximum absolute atomic E-state index is 11.9. The number of benzene rings is 1. The van der Waals surface area contributed by atoms with Crippen LogP contribution in [-0.4, -0.2) is 22.0 Å². The third-order valence-electron chi connectivity index (χ3n) is 3.35. The number of rotatable bonds is 3. The Morgan fingerprint density at radius 2 is 2.16 bits per heavy atom. The molecule has 2 N–H and O–H groups in total. The maximum Gasteiger partial charge on any atom is 0.319 e. The summed E-state index contributed by atoms with van der Waals surface area (Å²) < 4.78 is 5.36. The molecule has 19 heavy (non-hydrogen) atoms. The number of carboxylic acid groups (broad SMARTS) is 1. The Hall–Kier alpha value is -2.37. The van der Waals surface area contributed by atoms with Crippen molar-refractivity contribution in [2.24, 2.45) is 5.41 Å². The van der Waals surface area contributed by atoms with Crippen molar-refractivity contribution in [2.45, 2.75) is 19.8 Å². The van der Waals surface area contributed by atoms with Crippen molar-refractivity contribution in [3.8, 4) is 0 Å². The van der Waals surface area contributed by atoms with Crippen LogP contribution < -0.4 is 5.32 Å². The minimum atomic E-state index is -1.24. The zero-order valence-corrected chi connectivity index (χ0v) is 10.3. The van der Waals surface area contributed by atoms with Crippen molar-refractivity contribution in [1.82, 2.24) is 4.98 Å². The van der Waals surface area contributed by atoms with Crippen molar-refractivity contribution in [1.29, 1.82) is 0 Å². The predicted molar refractivity (Wildman–Crippen MR) is 66.7 cm³/mol. The highest BCUT2D eigenvalue weighted by molar-refractivity contribution is 6.11. The molecular formula is C13H12N2O4. The zero-order valence-electron chi connectivity index (χ0n) is 10.3. The van der Waals surface area contributed by atoms with Gasteiger partial charge in [-0.1, -0.05) is 0 Å². The molecule has 1 heterocycles. The number of hydrogen-bond acceptors (Lipinski definition) is 4. The third kappa shape index (κ3) is 1.85. The number of carboxylic acids is 1. The van der Waals surface area contributed by atoms with Crippen molar-refractivity contribution < 1.29 is 19.1 Å². The average Bonchev–Trinajstić information content (AvgIpc) is 3.07. The van der Waals surface area contributed by atoms with Gasteiger partial charge in [0.15, 0.2) is 11.5 Å². The molecule has 1 aliphatic rings.